The number of aromatic nitrogens is 1. The lowest BCUT2D eigenvalue weighted by molar-refractivity contribution is 0.0686. The molecule has 2 rings (SSSR count). The van der Waals surface area contributed by atoms with Gasteiger partial charge in [0.2, 0.25) is 0 Å². The Bertz CT molecular complexity index is 463. The second kappa shape index (κ2) is 4.33. The molecular formula is C12H15NO4. The Balaban J connectivity index is 2.25. The first-order chi connectivity index (χ1) is 8.00. The summed E-state index contributed by atoms with van der Waals surface area (Å²) in [6.45, 7) is 2.47. The summed E-state index contributed by atoms with van der Waals surface area (Å²) in [4.78, 5) is 23.0. The minimum absolute atomic E-state index is 0.0295. The molecule has 0 aromatic carbocycles. The van der Waals surface area contributed by atoms with Crippen LogP contribution >= 0.6 is 0 Å². The number of hydrogen-bond acceptors (Lipinski definition) is 3. The maximum Gasteiger partial charge on any atom is 0.352 e. The summed E-state index contributed by atoms with van der Waals surface area (Å²) in [5.41, 5.74) is 0.576. The molecule has 2 unspecified atom stereocenters. The molecule has 1 aromatic heterocycles. The monoisotopic (exact) mass is 237 g/mol. The van der Waals surface area contributed by atoms with Crippen molar-refractivity contribution in [3.05, 3.63) is 23.5 Å². The van der Waals surface area contributed by atoms with Gasteiger partial charge in [-0.15, -0.1) is 0 Å². The van der Waals surface area contributed by atoms with Gasteiger partial charge in [-0.05, 0) is 19.4 Å². The number of carboxylic acids is 1. The first-order valence-corrected chi connectivity index (χ1v) is 5.56. The Morgan fingerprint density at radius 1 is 1.53 bits per heavy atom. The maximum atomic E-state index is 12.2. The van der Waals surface area contributed by atoms with Crippen LogP contribution in [0.5, 0.6) is 0 Å². The summed E-state index contributed by atoms with van der Waals surface area (Å²) in [7, 11) is 1.62. The average molecular weight is 237 g/mol. The minimum atomic E-state index is -1.03. The molecule has 5 nitrogen and oxygen atoms in total. The number of nitrogens with zero attached hydrogens (tertiary/aromatic N) is 1. The first kappa shape index (κ1) is 11.9. The highest BCUT2D eigenvalue weighted by Gasteiger charge is 2.32. The zero-order valence-electron chi connectivity index (χ0n) is 9.84. The first-order valence-electron chi connectivity index (χ1n) is 5.56. The van der Waals surface area contributed by atoms with Gasteiger partial charge in [0.1, 0.15) is 5.69 Å². The van der Waals surface area contributed by atoms with E-state index in [1.54, 1.807) is 13.2 Å². The normalized spacial score (nSPS) is 23.9. The van der Waals surface area contributed by atoms with Crippen LogP contribution in [0.15, 0.2) is 12.3 Å². The number of ether oxygens (including phenoxy) is 1. The van der Waals surface area contributed by atoms with E-state index in [0.717, 1.165) is 0 Å². The third-order valence-corrected chi connectivity index (χ3v) is 3.22. The summed E-state index contributed by atoms with van der Waals surface area (Å²) in [6, 6.07) is 1.43. The van der Waals surface area contributed by atoms with Crippen LogP contribution in [0.1, 0.15) is 34.2 Å². The van der Waals surface area contributed by atoms with Crippen LogP contribution in [0.2, 0.25) is 0 Å². The summed E-state index contributed by atoms with van der Waals surface area (Å²) in [5, 5.41) is 8.92. The largest absolute Gasteiger partial charge is 0.477 e. The molecule has 1 N–H and O–H groups in total. The highest BCUT2D eigenvalue weighted by molar-refractivity contribution is 6.00. The Labute approximate surface area is 99.0 Å². The van der Waals surface area contributed by atoms with Crippen LogP contribution in [0.4, 0.5) is 0 Å². The van der Waals surface area contributed by atoms with Crippen LogP contribution in [0, 0.1) is 5.92 Å². The van der Waals surface area contributed by atoms with Crippen molar-refractivity contribution in [3.63, 3.8) is 0 Å². The number of rotatable bonds is 3. The molecule has 1 fully saturated rings. The molecule has 1 saturated heterocycles. The molecule has 92 valence electrons. The third-order valence-electron chi connectivity index (χ3n) is 3.22. The summed E-state index contributed by atoms with van der Waals surface area (Å²) >= 11 is 0. The smallest absolute Gasteiger partial charge is 0.352 e. The molecule has 0 radical (unpaired) electrons. The average Bonchev–Trinajstić information content (AvgIpc) is 2.83. The number of Topliss-reactive ketones (excluding diaryl/α,β-unsaturated/α-hetero) is 1. The molecule has 0 spiro atoms. The Morgan fingerprint density at radius 2 is 2.24 bits per heavy atom. The molecule has 1 aliphatic rings. The van der Waals surface area contributed by atoms with Gasteiger partial charge in [0.05, 0.1) is 12.0 Å². The summed E-state index contributed by atoms with van der Waals surface area (Å²) in [5.74, 6) is -1.21. The lowest BCUT2D eigenvalue weighted by Crippen LogP contribution is -2.21. The molecule has 2 heterocycles. The standard InChI is InChI=1S/C12H15NO4/c1-7-9(3-4-17-7)11(14)8-5-10(12(15)16)13(2)6-8/h5-7,9H,3-4H2,1-2H3,(H,15,16). The van der Waals surface area contributed by atoms with Gasteiger partial charge < -0.3 is 14.4 Å². The molecule has 0 saturated carbocycles. The number of ketones is 1. The molecule has 0 aliphatic carbocycles. The van der Waals surface area contributed by atoms with Gasteiger partial charge in [-0.3, -0.25) is 4.79 Å². The lowest BCUT2D eigenvalue weighted by Gasteiger charge is -2.11. The maximum absolute atomic E-state index is 12.2. The van der Waals surface area contributed by atoms with Gasteiger partial charge in [0, 0.05) is 25.4 Å². The van der Waals surface area contributed by atoms with Crippen molar-refractivity contribution in [2.24, 2.45) is 13.0 Å². The number of carboxylic acid groups (broad SMARTS) is 1. The second-order valence-electron chi connectivity index (χ2n) is 4.37. The van der Waals surface area contributed by atoms with Gasteiger partial charge in [-0.1, -0.05) is 0 Å². The zero-order valence-corrected chi connectivity index (χ0v) is 9.84. The van der Waals surface area contributed by atoms with E-state index in [9.17, 15) is 9.59 Å². The van der Waals surface area contributed by atoms with E-state index in [1.165, 1.54) is 10.6 Å². The fourth-order valence-corrected chi connectivity index (χ4v) is 2.20. The van der Waals surface area contributed by atoms with Crippen molar-refractivity contribution < 1.29 is 19.4 Å². The number of hydrogen-bond donors (Lipinski definition) is 1. The van der Waals surface area contributed by atoms with Crippen LogP contribution < -0.4 is 0 Å². The van der Waals surface area contributed by atoms with E-state index in [1.807, 2.05) is 6.92 Å². The highest BCUT2D eigenvalue weighted by Crippen LogP contribution is 2.25. The van der Waals surface area contributed by atoms with Gasteiger partial charge in [0.25, 0.3) is 0 Å². The van der Waals surface area contributed by atoms with Crippen molar-refractivity contribution >= 4 is 11.8 Å². The Morgan fingerprint density at radius 3 is 2.71 bits per heavy atom. The van der Waals surface area contributed by atoms with Crippen LogP contribution in [0.3, 0.4) is 0 Å². The molecule has 0 amide bonds. The van der Waals surface area contributed by atoms with Gasteiger partial charge in [-0.25, -0.2) is 4.79 Å². The van der Waals surface area contributed by atoms with Crippen molar-refractivity contribution in [2.75, 3.05) is 6.61 Å². The summed E-state index contributed by atoms with van der Waals surface area (Å²) < 4.78 is 6.80. The van der Waals surface area contributed by atoms with E-state index in [0.29, 0.717) is 18.6 Å². The quantitative estimate of drug-likeness (QED) is 0.805. The van der Waals surface area contributed by atoms with Crippen molar-refractivity contribution in [2.45, 2.75) is 19.4 Å². The van der Waals surface area contributed by atoms with Gasteiger partial charge in [-0.2, -0.15) is 0 Å². The SMILES string of the molecule is CC1OCCC1C(=O)c1cc(C(=O)O)n(C)c1. The molecule has 2 atom stereocenters. The molecular weight excluding hydrogens is 222 g/mol. The topological polar surface area (TPSA) is 68.5 Å². The van der Waals surface area contributed by atoms with E-state index >= 15 is 0 Å². The third kappa shape index (κ3) is 2.10. The minimum Gasteiger partial charge on any atom is -0.477 e. The number of carbonyl (C=O) groups is 2. The Hall–Kier alpha value is -1.62. The van der Waals surface area contributed by atoms with E-state index in [-0.39, 0.29) is 23.5 Å². The fourth-order valence-electron chi connectivity index (χ4n) is 2.20. The highest BCUT2D eigenvalue weighted by atomic mass is 16.5. The van der Waals surface area contributed by atoms with Gasteiger partial charge >= 0.3 is 5.97 Å². The van der Waals surface area contributed by atoms with E-state index in [4.69, 9.17) is 9.84 Å². The molecule has 17 heavy (non-hydrogen) atoms. The van der Waals surface area contributed by atoms with E-state index < -0.39 is 5.97 Å². The lowest BCUT2D eigenvalue weighted by atomic mass is 9.94. The van der Waals surface area contributed by atoms with Crippen LogP contribution in [-0.2, 0) is 11.8 Å². The number of carbonyl (C=O) groups excluding carboxylic acids is 1. The van der Waals surface area contributed by atoms with Crippen molar-refractivity contribution in [1.82, 2.24) is 4.57 Å². The number of aromatic carboxylic acids is 1. The predicted molar refractivity (Wildman–Crippen MR) is 60.2 cm³/mol. The second-order valence-corrected chi connectivity index (χ2v) is 4.37. The number of aryl methyl sites for hydroxylation is 1. The molecule has 5 heteroatoms. The Kier molecular flexibility index (Phi) is 3.02. The zero-order chi connectivity index (χ0) is 12.6. The van der Waals surface area contributed by atoms with Gasteiger partial charge in [0.15, 0.2) is 5.78 Å². The van der Waals surface area contributed by atoms with Crippen LogP contribution in [0.25, 0.3) is 0 Å². The summed E-state index contributed by atoms with van der Waals surface area (Å²) in [6.07, 6.45) is 2.18. The van der Waals surface area contributed by atoms with Crippen molar-refractivity contribution in [1.29, 1.82) is 0 Å². The predicted octanol–water partition coefficient (Wildman–Crippen LogP) is 1.33. The molecule has 1 aliphatic heterocycles. The van der Waals surface area contributed by atoms with Crippen LogP contribution in [-0.4, -0.2) is 34.1 Å². The molecule has 1 aromatic rings. The fraction of sp³-hybridized carbons (Fsp3) is 0.500. The van der Waals surface area contributed by atoms with Crippen molar-refractivity contribution in [3.8, 4) is 0 Å². The van der Waals surface area contributed by atoms with E-state index in [2.05, 4.69) is 0 Å². The molecule has 0 bridgehead atoms.